The highest BCUT2D eigenvalue weighted by Gasteiger charge is 2.36. The molecule has 2 N–H and O–H groups in total. The van der Waals surface area contributed by atoms with E-state index in [1.165, 1.54) is 6.07 Å². The van der Waals surface area contributed by atoms with Crippen molar-refractivity contribution in [2.45, 2.75) is 19.3 Å². The molecule has 9 heteroatoms. The lowest BCUT2D eigenvalue weighted by molar-refractivity contribution is -0.275. The molecule has 4 nitrogen and oxygen atoms in total. The van der Waals surface area contributed by atoms with Crippen LogP contribution in [-0.4, -0.2) is 11.3 Å². The number of hydrogen-bond donors (Lipinski definition) is 1. The number of nitrogens with two attached hydrogens (primary N) is 1. The second-order valence-electron chi connectivity index (χ2n) is 3.03. The molecule has 0 unspecified atom stereocenters. The number of aromatic nitrogens is 1. The van der Waals surface area contributed by atoms with Crippen LogP contribution in [0.3, 0.4) is 0 Å². The van der Waals surface area contributed by atoms with Crippen LogP contribution < -0.4 is 10.5 Å². The summed E-state index contributed by atoms with van der Waals surface area (Å²) in [5.74, 6) is -1.21. The van der Waals surface area contributed by atoms with Crippen molar-refractivity contribution in [3.05, 3.63) is 23.0 Å². The van der Waals surface area contributed by atoms with Gasteiger partial charge >= 0.3 is 6.36 Å². The number of rotatable bonds is 3. The third kappa shape index (κ3) is 3.04. The summed E-state index contributed by atoms with van der Waals surface area (Å²) in [6, 6.07) is 1.32. The first kappa shape index (κ1) is 14.1. The molecule has 0 radical (unpaired) electrons. The van der Waals surface area contributed by atoms with E-state index in [0.717, 1.165) is 6.20 Å². The third-order valence-electron chi connectivity index (χ3n) is 1.90. The van der Waals surface area contributed by atoms with Gasteiger partial charge in [0.25, 0.3) is 6.43 Å². The predicted octanol–water partition coefficient (Wildman–Crippen LogP) is 2.25. The quantitative estimate of drug-likeness (QED) is 0.852. The van der Waals surface area contributed by atoms with Crippen molar-refractivity contribution in [3.8, 4) is 11.8 Å². The molecule has 1 heterocycles. The van der Waals surface area contributed by atoms with Gasteiger partial charge < -0.3 is 10.5 Å². The van der Waals surface area contributed by atoms with Crippen LogP contribution in [0.5, 0.6) is 5.75 Å². The van der Waals surface area contributed by atoms with Crippen LogP contribution in [-0.2, 0) is 6.54 Å². The lowest BCUT2D eigenvalue weighted by Crippen LogP contribution is -2.21. The van der Waals surface area contributed by atoms with Crippen LogP contribution in [0.2, 0.25) is 0 Å². The minimum absolute atomic E-state index is 0.498. The van der Waals surface area contributed by atoms with Crippen molar-refractivity contribution in [3.63, 3.8) is 0 Å². The van der Waals surface area contributed by atoms with Crippen LogP contribution in [0.15, 0.2) is 6.20 Å². The summed E-state index contributed by atoms with van der Waals surface area (Å²) in [5.41, 5.74) is 2.74. The van der Waals surface area contributed by atoms with Gasteiger partial charge in [0.2, 0.25) is 0 Å². The lowest BCUT2D eigenvalue weighted by atomic mass is 10.1. The highest BCUT2D eigenvalue weighted by molar-refractivity contribution is 5.48. The van der Waals surface area contributed by atoms with Gasteiger partial charge in [0.05, 0.1) is 16.8 Å². The molecule has 0 aromatic carbocycles. The van der Waals surface area contributed by atoms with Gasteiger partial charge in [-0.2, -0.15) is 5.26 Å². The van der Waals surface area contributed by atoms with Crippen molar-refractivity contribution in [1.29, 1.82) is 5.26 Å². The van der Waals surface area contributed by atoms with Gasteiger partial charge in [-0.3, -0.25) is 4.98 Å². The summed E-state index contributed by atoms with van der Waals surface area (Å²) in [7, 11) is 0. The molecule has 0 saturated heterocycles. The molecule has 0 saturated carbocycles. The molecule has 0 spiro atoms. The monoisotopic (exact) mass is 267 g/mol. The molecule has 0 bridgehead atoms. The topological polar surface area (TPSA) is 71.9 Å². The third-order valence-corrected chi connectivity index (χ3v) is 1.90. The Morgan fingerprint density at radius 1 is 1.44 bits per heavy atom. The maximum atomic E-state index is 12.7. The molecule has 0 aliphatic heterocycles. The molecule has 0 amide bonds. The molecule has 0 fully saturated rings. The summed E-state index contributed by atoms with van der Waals surface area (Å²) in [5, 5.41) is 8.56. The second-order valence-corrected chi connectivity index (χ2v) is 3.03. The van der Waals surface area contributed by atoms with Crippen molar-refractivity contribution in [2.24, 2.45) is 5.73 Å². The van der Waals surface area contributed by atoms with Crippen LogP contribution in [0.1, 0.15) is 23.2 Å². The molecule has 1 aromatic rings. The van der Waals surface area contributed by atoms with Gasteiger partial charge in [0, 0.05) is 12.7 Å². The number of halogens is 5. The minimum atomic E-state index is -5.18. The first-order valence-electron chi connectivity index (χ1n) is 4.46. The Bertz CT molecular complexity index is 480. The fourth-order valence-electron chi connectivity index (χ4n) is 1.23. The smallest absolute Gasteiger partial charge is 0.403 e. The van der Waals surface area contributed by atoms with Gasteiger partial charge in [-0.05, 0) is 0 Å². The van der Waals surface area contributed by atoms with Gasteiger partial charge in [-0.1, -0.05) is 0 Å². The summed E-state index contributed by atoms with van der Waals surface area (Å²) >= 11 is 0. The largest absolute Gasteiger partial charge is 0.573 e. The molecule has 0 atom stereocenters. The van der Waals surface area contributed by atoms with E-state index in [2.05, 4.69) is 9.72 Å². The van der Waals surface area contributed by atoms with Crippen molar-refractivity contribution in [1.82, 2.24) is 4.98 Å². The van der Waals surface area contributed by atoms with Gasteiger partial charge in [-0.15, -0.1) is 13.2 Å². The van der Waals surface area contributed by atoms with E-state index in [9.17, 15) is 22.0 Å². The number of hydrogen-bond acceptors (Lipinski definition) is 4. The number of nitriles is 1. The summed E-state index contributed by atoms with van der Waals surface area (Å²) in [6.45, 7) is -0.531. The minimum Gasteiger partial charge on any atom is -0.403 e. The van der Waals surface area contributed by atoms with E-state index < -0.39 is 41.9 Å². The van der Waals surface area contributed by atoms with Crippen LogP contribution >= 0.6 is 0 Å². The Labute approximate surface area is 97.8 Å². The molecular weight excluding hydrogens is 261 g/mol. The lowest BCUT2D eigenvalue weighted by Gasteiger charge is -2.16. The number of pyridine rings is 1. The second kappa shape index (κ2) is 5.14. The zero-order valence-corrected chi connectivity index (χ0v) is 8.63. The van der Waals surface area contributed by atoms with E-state index >= 15 is 0 Å². The number of ether oxygens (including phenoxy) is 1. The summed E-state index contributed by atoms with van der Waals surface area (Å²) in [6.07, 6.45) is -7.76. The molecule has 0 aliphatic carbocycles. The molecular formula is C9H6F5N3O. The number of alkyl halides is 5. The van der Waals surface area contributed by atoms with Gasteiger partial charge in [-0.25, -0.2) is 8.78 Å². The van der Waals surface area contributed by atoms with Gasteiger partial charge in [0.1, 0.15) is 6.07 Å². The predicted molar refractivity (Wildman–Crippen MR) is 48.5 cm³/mol. The average molecular weight is 267 g/mol. The first-order chi connectivity index (χ1) is 8.30. The van der Waals surface area contributed by atoms with Gasteiger partial charge in [0.15, 0.2) is 5.75 Å². The maximum absolute atomic E-state index is 12.7. The summed E-state index contributed by atoms with van der Waals surface area (Å²) < 4.78 is 65.2. The average Bonchev–Trinajstić information content (AvgIpc) is 2.25. The summed E-state index contributed by atoms with van der Waals surface area (Å²) in [4.78, 5) is 3.39. The van der Waals surface area contributed by atoms with Crippen LogP contribution in [0.4, 0.5) is 22.0 Å². The normalized spacial score (nSPS) is 11.4. The zero-order valence-electron chi connectivity index (χ0n) is 8.63. The van der Waals surface area contributed by atoms with Crippen LogP contribution in [0.25, 0.3) is 0 Å². The Hall–Kier alpha value is -1.95. The highest BCUT2D eigenvalue weighted by atomic mass is 19.4. The van der Waals surface area contributed by atoms with E-state index in [0.29, 0.717) is 0 Å². The Balaban J connectivity index is 3.46. The molecule has 98 valence electrons. The van der Waals surface area contributed by atoms with Crippen LogP contribution in [0, 0.1) is 11.3 Å². The molecule has 1 aromatic heterocycles. The molecule has 1 rings (SSSR count). The fourth-order valence-corrected chi connectivity index (χ4v) is 1.23. The highest BCUT2D eigenvalue weighted by Crippen LogP contribution is 2.36. The first-order valence-corrected chi connectivity index (χ1v) is 4.46. The maximum Gasteiger partial charge on any atom is 0.573 e. The molecule has 18 heavy (non-hydrogen) atoms. The SMILES string of the molecule is N#Cc1cnc(CN)c(OC(F)(F)F)c1C(F)F. The zero-order chi connectivity index (χ0) is 13.9. The fraction of sp³-hybridized carbons (Fsp3) is 0.333. The number of nitrogens with zero attached hydrogens (tertiary/aromatic N) is 2. The van der Waals surface area contributed by atoms with E-state index in [1.807, 2.05) is 0 Å². The van der Waals surface area contributed by atoms with Crippen molar-refractivity contribution >= 4 is 0 Å². The molecule has 0 aliphatic rings. The van der Waals surface area contributed by atoms with Crippen molar-refractivity contribution in [2.75, 3.05) is 0 Å². The Morgan fingerprint density at radius 2 is 2.06 bits per heavy atom. The van der Waals surface area contributed by atoms with Crippen molar-refractivity contribution < 1.29 is 26.7 Å². The standard InChI is InChI=1S/C9H6F5N3O/c10-8(11)6-4(1-15)3-17-5(2-16)7(6)18-9(12,13)14/h3,8H,2,16H2. The van der Waals surface area contributed by atoms with E-state index in [4.69, 9.17) is 11.0 Å². The Kier molecular flexibility index (Phi) is 4.03. The van der Waals surface area contributed by atoms with E-state index in [1.54, 1.807) is 0 Å². The van der Waals surface area contributed by atoms with E-state index in [-0.39, 0.29) is 0 Å². The Morgan fingerprint density at radius 3 is 2.44 bits per heavy atom.